The van der Waals surface area contributed by atoms with Crippen LogP contribution in [0, 0.1) is 11.3 Å². The molecule has 0 aliphatic carbocycles. The quantitative estimate of drug-likeness (QED) is 0.749. The average molecular weight is 348 g/mol. The second kappa shape index (κ2) is 6.99. The smallest absolute Gasteiger partial charge is 0.247 e. The van der Waals surface area contributed by atoms with Crippen LogP contribution >= 0.6 is 0 Å². The summed E-state index contributed by atoms with van der Waals surface area (Å²) in [7, 11) is 3.10. The molecule has 0 bridgehead atoms. The Balaban J connectivity index is 2.31. The van der Waals surface area contributed by atoms with Gasteiger partial charge in [0.05, 0.1) is 25.5 Å². The summed E-state index contributed by atoms with van der Waals surface area (Å²) in [6.45, 7) is 0. The van der Waals surface area contributed by atoms with Crippen molar-refractivity contribution in [2.75, 3.05) is 20.0 Å². The molecule has 0 radical (unpaired) electrons. The fourth-order valence-corrected chi connectivity index (χ4v) is 2.72. The number of nitrogens with one attached hydrogen (secondary N) is 1. The highest BCUT2D eigenvalue weighted by atomic mass is 16.5. The van der Waals surface area contributed by atoms with E-state index in [1.807, 2.05) is 0 Å². The Morgan fingerprint density at radius 1 is 1.15 bits per heavy atom. The number of ether oxygens (including phenoxy) is 2. The van der Waals surface area contributed by atoms with Crippen LogP contribution in [0.4, 0.5) is 5.82 Å². The lowest BCUT2D eigenvalue weighted by atomic mass is 9.99. The number of pyridine rings is 2. The van der Waals surface area contributed by atoms with Crippen molar-refractivity contribution in [1.82, 2.24) is 9.97 Å². The molecule has 2 aromatic heterocycles. The highest BCUT2D eigenvalue weighted by Gasteiger charge is 2.19. The molecule has 0 aliphatic heterocycles. The fourth-order valence-electron chi connectivity index (χ4n) is 2.72. The van der Waals surface area contributed by atoms with Gasteiger partial charge in [0.25, 0.3) is 0 Å². The Morgan fingerprint density at radius 3 is 2.38 bits per heavy atom. The second-order valence-electron chi connectivity index (χ2n) is 5.41. The zero-order chi connectivity index (χ0) is 18.7. The molecule has 0 fully saturated rings. The van der Waals surface area contributed by atoms with Crippen molar-refractivity contribution in [2.45, 2.75) is 0 Å². The second-order valence-corrected chi connectivity index (χ2v) is 5.41. The molecule has 0 saturated carbocycles. The Labute approximate surface area is 149 Å². The zero-order valence-electron chi connectivity index (χ0n) is 14.2. The monoisotopic (exact) mass is 348 g/mol. The highest BCUT2D eigenvalue weighted by molar-refractivity contribution is 5.83. The number of nitrogen functional groups attached to an aromatic ring is 1. The van der Waals surface area contributed by atoms with Crippen molar-refractivity contribution in [1.29, 1.82) is 5.26 Å². The van der Waals surface area contributed by atoms with Crippen molar-refractivity contribution >= 4 is 5.82 Å². The van der Waals surface area contributed by atoms with Gasteiger partial charge in [-0.05, 0) is 29.8 Å². The third-order valence-corrected chi connectivity index (χ3v) is 3.94. The minimum atomic E-state index is -0.235. The molecule has 26 heavy (non-hydrogen) atoms. The van der Waals surface area contributed by atoms with Crippen molar-refractivity contribution in [3.63, 3.8) is 0 Å². The Morgan fingerprint density at radius 2 is 1.85 bits per heavy atom. The van der Waals surface area contributed by atoms with E-state index in [1.165, 1.54) is 12.3 Å². The number of nitrogens with two attached hydrogens (primary N) is 1. The lowest BCUT2D eigenvalue weighted by Crippen LogP contribution is -2.04. The number of nitrogens with zero attached hydrogens (tertiary/aromatic N) is 2. The SMILES string of the molecule is COc1cccc(OC)c1-c1cc(-c2ccc(=O)[nH]c2)c(C#N)c(N)n1. The molecule has 0 saturated heterocycles. The largest absolute Gasteiger partial charge is 0.496 e. The first-order valence-electron chi connectivity index (χ1n) is 7.70. The number of nitriles is 1. The molecule has 7 nitrogen and oxygen atoms in total. The van der Waals surface area contributed by atoms with Gasteiger partial charge < -0.3 is 20.2 Å². The lowest BCUT2D eigenvalue weighted by Gasteiger charge is -2.15. The fraction of sp³-hybridized carbons (Fsp3) is 0.105. The van der Waals surface area contributed by atoms with E-state index in [-0.39, 0.29) is 16.9 Å². The van der Waals surface area contributed by atoms with Crippen molar-refractivity contribution in [3.05, 3.63) is 58.5 Å². The molecule has 2 heterocycles. The Bertz CT molecular complexity index is 1020. The minimum Gasteiger partial charge on any atom is -0.496 e. The lowest BCUT2D eigenvalue weighted by molar-refractivity contribution is 0.397. The normalized spacial score (nSPS) is 10.2. The van der Waals surface area contributed by atoms with E-state index < -0.39 is 0 Å². The molecule has 0 atom stereocenters. The summed E-state index contributed by atoms with van der Waals surface area (Å²) >= 11 is 0. The third-order valence-electron chi connectivity index (χ3n) is 3.94. The molecule has 130 valence electrons. The van der Waals surface area contributed by atoms with Gasteiger partial charge >= 0.3 is 0 Å². The van der Waals surface area contributed by atoms with Gasteiger partial charge in [0.15, 0.2) is 0 Å². The van der Waals surface area contributed by atoms with Crippen LogP contribution in [-0.2, 0) is 0 Å². The number of hydrogen-bond acceptors (Lipinski definition) is 6. The predicted molar refractivity (Wildman–Crippen MR) is 98.0 cm³/mol. The van der Waals surface area contributed by atoms with Crippen LogP contribution in [-0.4, -0.2) is 24.2 Å². The van der Waals surface area contributed by atoms with Gasteiger partial charge in [-0.2, -0.15) is 5.26 Å². The molecule has 0 spiro atoms. The zero-order valence-corrected chi connectivity index (χ0v) is 14.2. The average Bonchev–Trinajstić information content (AvgIpc) is 2.67. The van der Waals surface area contributed by atoms with Gasteiger partial charge in [0.1, 0.15) is 28.9 Å². The maximum absolute atomic E-state index is 11.3. The number of aromatic nitrogens is 2. The van der Waals surface area contributed by atoms with Crippen LogP contribution < -0.4 is 20.8 Å². The molecule has 1 aromatic carbocycles. The Kier molecular flexibility index (Phi) is 4.58. The first kappa shape index (κ1) is 17.0. The molecule has 3 N–H and O–H groups in total. The summed E-state index contributed by atoms with van der Waals surface area (Å²) in [6.07, 6.45) is 1.53. The van der Waals surface area contributed by atoms with E-state index in [4.69, 9.17) is 15.2 Å². The van der Waals surface area contributed by atoms with Gasteiger partial charge in [-0.1, -0.05) is 6.07 Å². The van der Waals surface area contributed by atoms with E-state index in [0.29, 0.717) is 33.9 Å². The summed E-state index contributed by atoms with van der Waals surface area (Å²) in [5.74, 6) is 1.21. The first-order valence-corrected chi connectivity index (χ1v) is 7.70. The topological polar surface area (TPSA) is 114 Å². The summed E-state index contributed by atoms with van der Waals surface area (Å²) in [5, 5.41) is 9.49. The summed E-state index contributed by atoms with van der Waals surface area (Å²) < 4.78 is 10.9. The van der Waals surface area contributed by atoms with E-state index >= 15 is 0 Å². The van der Waals surface area contributed by atoms with E-state index in [2.05, 4.69) is 16.0 Å². The van der Waals surface area contributed by atoms with Crippen LogP contribution in [0.1, 0.15) is 5.56 Å². The number of hydrogen-bond donors (Lipinski definition) is 2. The van der Waals surface area contributed by atoms with Gasteiger partial charge in [-0.3, -0.25) is 4.79 Å². The maximum Gasteiger partial charge on any atom is 0.247 e. The number of H-pyrrole nitrogens is 1. The van der Waals surface area contributed by atoms with Crippen LogP contribution in [0.15, 0.2) is 47.4 Å². The maximum atomic E-state index is 11.3. The molecule has 7 heteroatoms. The van der Waals surface area contributed by atoms with E-state index in [9.17, 15) is 10.1 Å². The number of methoxy groups -OCH3 is 2. The molecule has 0 unspecified atom stereocenters. The molecular weight excluding hydrogens is 332 g/mol. The van der Waals surface area contributed by atoms with Crippen molar-refractivity contribution in [2.24, 2.45) is 0 Å². The van der Waals surface area contributed by atoms with Gasteiger partial charge in [0.2, 0.25) is 5.56 Å². The van der Waals surface area contributed by atoms with E-state index in [0.717, 1.165) is 0 Å². The van der Waals surface area contributed by atoms with Gasteiger partial charge in [-0.15, -0.1) is 0 Å². The number of anilines is 1. The highest BCUT2D eigenvalue weighted by Crippen LogP contribution is 2.40. The number of rotatable bonds is 4. The van der Waals surface area contributed by atoms with Crippen LogP contribution in [0.5, 0.6) is 11.5 Å². The Hall–Kier alpha value is -3.79. The summed E-state index contributed by atoms with van der Waals surface area (Å²) in [4.78, 5) is 18.3. The molecule has 3 rings (SSSR count). The van der Waals surface area contributed by atoms with Crippen LogP contribution in [0.25, 0.3) is 22.4 Å². The standard InChI is InChI=1S/C19H16N4O3/c1-25-15-4-3-5-16(26-2)18(15)14-8-12(13(9-20)19(21)23-14)11-6-7-17(24)22-10-11/h3-8,10H,1-2H3,(H2,21,23)(H,22,24). The van der Waals surface area contributed by atoms with Gasteiger partial charge in [-0.25, -0.2) is 4.98 Å². The molecule has 0 aliphatic rings. The summed E-state index contributed by atoms with van der Waals surface area (Å²) in [5.41, 5.74) is 8.35. The number of aromatic amines is 1. The molecule has 0 amide bonds. The minimum absolute atomic E-state index is 0.0826. The van der Waals surface area contributed by atoms with Crippen LogP contribution in [0.2, 0.25) is 0 Å². The third kappa shape index (κ3) is 2.96. The number of benzene rings is 1. The van der Waals surface area contributed by atoms with E-state index in [1.54, 1.807) is 44.6 Å². The molecular formula is C19H16N4O3. The van der Waals surface area contributed by atoms with Gasteiger partial charge in [0, 0.05) is 17.8 Å². The van der Waals surface area contributed by atoms with Crippen LogP contribution in [0.3, 0.4) is 0 Å². The van der Waals surface area contributed by atoms with Crippen molar-refractivity contribution < 1.29 is 9.47 Å². The van der Waals surface area contributed by atoms with Crippen molar-refractivity contribution in [3.8, 4) is 40.0 Å². The molecule has 3 aromatic rings. The summed E-state index contributed by atoms with van der Waals surface area (Å²) in [6, 6.07) is 12.2. The first-order chi connectivity index (χ1) is 12.6. The predicted octanol–water partition coefficient (Wildman–Crippen LogP) is 2.57.